The van der Waals surface area contributed by atoms with Gasteiger partial charge >= 0.3 is 0 Å². The van der Waals surface area contributed by atoms with Gasteiger partial charge in [-0.2, -0.15) is 0 Å². The van der Waals surface area contributed by atoms with Crippen molar-refractivity contribution in [2.24, 2.45) is 11.7 Å². The molecule has 0 unspecified atom stereocenters. The van der Waals surface area contributed by atoms with Crippen molar-refractivity contribution >= 4 is 33.4 Å². The summed E-state index contributed by atoms with van der Waals surface area (Å²) >= 11 is 1.56. The number of nitrogens with zero attached hydrogens (tertiary/aromatic N) is 3. The number of amides is 2. The highest BCUT2D eigenvalue weighted by atomic mass is 32.1. The first kappa shape index (κ1) is 15.8. The van der Waals surface area contributed by atoms with Crippen molar-refractivity contribution < 1.29 is 9.59 Å². The molecular formula is C18H18N4O2S. The van der Waals surface area contributed by atoms with Gasteiger partial charge in [-0.25, -0.2) is 4.98 Å². The van der Waals surface area contributed by atoms with E-state index >= 15 is 0 Å². The Balaban J connectivity index is 1.55. The maximum absolute atomic E-state index is 12.7. The normalized spacial score (nSPS) is 15.6. The molecule has 7 heteroatoms. The monoisotopic (exact) mass is 354 g/mol. The van der Waals surface area contributed by atoms with E-state index in [1.54, 1.807) is 16.2 Å². The second-order valence-electron chi connectivity index (χ2n) is 6.24. The first-order chi connectivity index (χ1) is 12.1. The molecule has 1 aliphatic rings. The van der Waals surface area contributed by atoms with Gasteiger partial charge in [-0.15, -0.1) is 0 Å². The van der Waals surface area contributed by atoms with Crippen LogP contribution < -0.4 is 5.73 Å². The van der Waals surface area contributed by atoms with Crippen LogP contribution in [0.5, 0.6) is 0 Å². The Labute approximate surface area is 148 Å². The second kappa shape index (κ2) is 6.33. The van der Waals surface area contributed by atoms with Crippen molar-refractivity contribution in [3.05, 3.63) is 48.3 Å². The number of carbonyl (C=O) groups is 2. The molecule has 0 atom stereocenters. The predicted molar refractivity (Wildman–Crippen MR) is 96.8 cm³/mol. The molecule has 3 heterocycles. The van der Waals surface area contributed by atoms with Crippen LogP contribution in [0.2, 0.25) is 0 Å². The number of carbonyl (C=O) groups excluding carboxylic acids is 2. The molecule has 0 spiro atoms. The third-order valence-electron chi connectivity index (χ3n) is 4.63. The number of aromatic nitrogens is 2. The van der Waals surface area contributed by atoms with Gasteiger partial charge in [-0.1, -0.05) is 11.3 Å². The van der Waals surface area contributed by atoms with E-state index in [1.165, 1.54) is 0 Å². The fourth-order valence-corrected chi connectivity index (χ4v) is 4.14. The zero-order valence-corrected chi connectivity index (χ0v) is 14.4. The molecule has 2 N–H and O–H groups in total. The molecule has 1 saturated heterocycles. The van der Waals surface area contributed by atoms with Gasteiger partial charge in [0.05, 0.1) is 10.2 Å². The fourth-order valence-electron chi connectivity index (χ4n) is 3.17. The number of primary amides is 1. The van der Waals surface area contributed by atoms with Crippen LogP contribution in [0.4, 0.5) is 0 Å². The summed E-state index contributed by atoms with van der Waals surface area (Å²) in [7, 11) is 0. The molecule has 3 aromatic rings. The molecule has 6 nitrogen and oxygen atoms in total. The Bertz CT molecular complexity index is 924. The molecule has 1 aromatic carbocycles. The first-order valence-electron chi connectivity index (χ1n) is 8.24. The van der Waals surface area contributed by atoms with E-state index < -0.39 is 0 Å². The van der Waals surface area contributed by atoms with Gasteiger partial charge in [0, 0.05) is 37.0 Å². The topological polar surface area (TPSA) is 81.2 Å². The third kappa shape index (κ3) is 3.02. The summed E-state index contributed by atoms with van der Waals surface area (Å²) in [6.07, 6.45) is 5.18. The molecule has 0 aliphatic carbocycles. The molecule has 0 bridgehead atoms. The lowest BCUT2D eigenvalue weighted by molar-refractivity contribution is -0.123. The van der Waals surface area contributed by atoms with Crippen LogP contribution in [0.3, 0.4) is 0 Å². The minimum Gasteiger partial charge on any atom is -0.369 e. The van der Waals surface area contributed by atoms with Crippen molar-refractivity contribution in [2.45, 2.75) is 12.8 Å². The summed E-state index contributed by atoms with van der Waals surface area (Å²) in [4.78, 5) is 30.4. The van der Waals surface area contributed by atoms with Crippen LogP contribution in [0.1, 0.15) is 23.2 Å². The maximum atomic E-state index is 12.7. The number of benzene rings is 1. The summed E-state index contributed by atoms with van der Waals surface area (Å²) in [6.45, 7) is 1.14. The van der Waals surface area contributed by atoms with Gasteiger partial charge in [0.25, 0.3) is 5.91 Å². The van der Waals surface area contributed by atoms with E-state index in [9.17, 15) is 9.59 Å². The number of rotatable bonds is 3. The standard InChI is InChI=1S/C18H18N4O2S/c19-16(23)12-5-9-21(10-6-12)17(24)13-3-4-14-15(11-13)25-18(20-14)22-7-1-2-8-22/h1-4,7-8,11-12H,5-6,9-10H2,(H2,19,23). The molecule has 128 valence electrons. The van der Waals surface area contributed by atoms with Crippen molar-refractivity contribution in [3.8, 4) is 5.13 Å². The second-order valence-corrected chi connectivity index (χ2v) is 7.25. The van der Waals surface area contributed by atoms with Gasteiger partial charge < -0.3 is 15.2 Å². The lowest BCUT2D eigenvalue weighted by Crippen LogP contribution is -2.41. The van der Waals surface area contributed by atoms with Crippen LogP contribution in [-0.4, -0.2) is 39.4 Å². The van der Waals surface area contributed by atoms with E-state index in [4.69, 9.17) is 5.73 Å². The number of hydrogen-bond acceptors (Lipinski definition) is 4. The molecule has 2 amide bonds. The Morgan fingerprint density at radius 3 is 2.56 bits per heavy atom. The van der Waals surface area contributed by atoms with E-state index in [0.717, 1.165) is 15.3 Å². The van der Waals surface area contributed by atoms with Gasteiger partial charge in [-0.05, 0) is 43.2 Å². The highest BCUT2D eigenvalue weighted by molar-refractivity contribution is 7.20. The number of likely N-dealkylation sites (tertiary alicyclic amines) is 1. The van der Waals surface area contributed by atoms with E-state index in [2.05, 4.69) is 4.98 Å². The molecule has 0 radical (unpaired) electrons. The third-order valence-corrected chi connectivity index (χ3v) is 5.67. The molecule has 2 aromatic heterocycles. The highest BCUT2D eigenvalue weighted by Gasteiger charge is 2.26. The van der Waals surface area contributed by atoms with Crippen molar-refractivity contribution in [1.82, 2.24) is 14.5 Å². The Kier molecular flexibility index (Phi) is 4.01. The van der Waals surface area contributed by atoms with Crippen molar-refractivity contribution in [3.63, 3.8) is 0 Å². The van der Waals surface area contributed by atoms with Gasteiger partial charge in [0.1, 0.15) is 0 Å². The van der Waals surface area contributed by atoms with Gasteiger partial charge in [0.2, 0.25) is 5.91 Å². The summed E-state index contributed by atoms with van der Waals surface area (Å²) in [5.41, 5.74) is 6.90. The Morgan fingerprint density at radius 1 is 1.16 bits per heavy atom. The van der Waals surface area contributed by atoms with Crippen LogP contribution in [0.25, 0.3) is 15.3 Å². The van der Waals surface area contributed by atoms with E-state index in [1.807, 2.05) is 47.3 Å². The first-order valence-corrected chi connectivity index (χ1v) is 9.06. The Hall–Kier alpha value is -2.67. The fraction of sp³-hybridized carbons (Fsp3) is 0.278. The summed E-state index contributed by atoms with van der Waals surface area (Å²) < 4.78 is 2.95. The number of nitrogens with two attached hydrogens (primary N) is 1. The average Bonchev–Trinajstić information content (AvgIpc) is 3.29. The van der Waals surface area contributed by atoms with Gasteiger partial charge in [0.15, 0.2) is 5.13 Å². The van der Waals surface area contributed by atoms with Crippen LogP contribution in [0.15, 0.2) is 42.7 Å². The molecule has 1 aliphatic heterocycles. The zero-order valence-electron chi connectivity index (χ0n) is 13.6. The van der Waals surface area contributed by atoms with Crippen LogP contribution in [-0.2, 0) is 4.79 Å². The molecule has 1 fully saturated rings. The van der Waals surface area contributed by atoms with Crippen molar-refractivity contribution in [2.75, 3.05) is 13.1 Å². The molecular weight excluding hydrogens is 336 g/mol. The largest absolute Gasteiger partial charge is 0.369 e. The lowest BCUT2D eigenvalue weighted by Gasteiger charge is -2.30. The number of fused-ring (bicyclic) bond motifs is 1. The van der Waals surface area contributed by atoms with E-state index in [-0.39, 0.29) is 17.7 Å². The predicted octanol–water partition coefficient (Wildman–Crippen LogP) is 2.42. The average molecular weight is 354 g/mol. The smallest absolute Gasteiger partial charge is 0.253 e. The zero-order chi connectivity index (χ0) is 17.4. The molecule has 0 saturated carbocycles. The lowest BCUT2D eigenvalue weighted by atomic mass is 9.96. The summed E-state index contributed by atoms with van der Waals surface area (Å²) in [5.74, 6) is -0.381. The maximum Gasteiger partial charge on any atom is 0.253 e. The summed E-state index contributed by atoms with van der Waals surface area (Å²) in [5, 5.41) is 0.881. The highest BCUT2D eigenvalue weighted by Crippen LogP contribution is 2.27. The quantitative estimate of drug-likeness (QED) is 0.784. The molecule has 25 heavy (non-hydrogen) atoms. The number of piperidine rings is 1. The minimum absolute atomic E-state index is 0.000680. The minimum atomic E-state index is -0.268. The number of hydrogen-bond donors (Lipinski definition) is 1. The molecule has 4 rings (SSSR count). The summed E-state index contributed by atoms with van der Waals surface area (Å²) in [6, 6.07) is 9.53. The van der Waals surface area contributed by atoms with Crippen LogP contribution in [0, 0.1) is 5.92 Å². The van der Waals surface area contributed by atoms with Crippen LogP contribution >= 0.6 is 11.3 Å². The number of thiazole rings is 1. The van der Waals surface area contributed by atoms with Gasteiger partial charge in [-0.3, -0.25) is 9.59 Å². The van der Waals surface area contributed by atoms with Crippen molar-refractivity contribution in [1.29, 1.82) is 0 Å². The van der Waals surface area contributed by atoms with E-state index in [0.29, 0.717) is 31.5 Å². The SMILES string of the molecule is NC(=O)C1CCN(C(=O)c2ccc3nc(-n4cccc4)sc3c2)CC1. The Morgan fingerprint density at radius 2 is 1.88 bits per heavy atom.